The fourth-order valence-corrected chi connectivity index (χ4v) is 3.28. The van der Waals surface area contributed by atoms with Crippen LogP contribution in [0.1, 0.15) is 24.5 Å². The second kappa shape index (κ2) is 6.60. The smallest absolute Gasteiger partial charge is 0.267 e. The number of amides is 1. The molecular weight excluding hydrogens is 336 g/mol. The lowest BCUT2D eigenvalue weighted by molar-refractivity contribution is -0.117. The van der Waals surface area contributed by atoms with Crippen LogP contribution in [0.5, 0.6) is 0 Å². The monoisotopic (exact) mass is 352 g/mol. The van der Waals surface area contributed by atoms with E-state index in [0.717, 1.165) is 29.8 Å². The van der Waals surface area contributed by atoms with Crippen LogP contribution >= 0.6 is 11.3 Å². The lowest BCUT2D eigenvalue weighted by Gasteiger charge is -2.06. The number of benzene rings is 1. The highest BCUT2D eigenvalue weighted by molar-refractivity contribution is 7.14. The molecule has 0 bridgehead atoms. The standard InChI is InChI=1S/C18H16N4O2S/c23-16(10-22-17(24)9-8-14(21-22)13-6-7-13)20-18-19-15(11-25-18)12-4-2-1-3-5-12/h1-5,8-9,11,13H,6-7,10H2,(H,19,20,23). The maximum atomic E-state index is 12.2. The highest BCUT2D eigenvalue weighted by Crippen LogP contribution is 2.38. The zero-order chi connectivity index (χ0) is 17.2. The van der Waals surface area contributed by atoms with Gasteiger partial charge in [-0.2, -0.15) is 5.10 Å². The molecule has 0 atom stereocenters. The maximum absolute atomic E-state index is 12.2. The van der Waals surface area contributed by atoms with Gasteiger partial charge in [0.2, 0.25) is 5.91 Å². The molecule has 6 nitrogen and oxygen atoms in total. The first-order valence-corrected chi connectivity index (χ1v) is 8.96. The predicted molar refractivity (Wildman–Crippen MR) is 96.7 cm³/mol. The van der Waals surface area contributed by atoms with Gasteiger partial charge in [0.25, 0.3) is 5.56 Å². The van der Waals surface area contributed by atoms with Gasteiger partial charge in [-0.25, -0.2) is 9.67 Å². The van der Waals surface area contributed by atoms with Crippen molar-refractivity contribution in [2.75, 3.05) is 5.32 Å². The van der Waals surface area contributed by atoms with E-state index in [1.165, 1.54) is 22.1 Å². The van der Waals surface area contributed by atoms with Gasteiger partial charge < -0.3 is 5.32 Å². The SMILES string of the molecule is O=C(Cn1nc(C2CC2)ccc1=O)Nc1nc(-c2ccccc2)cs1. The third-order valence-corrected chi connectivity index (χ3v) is 4.75. The van der Waals surface area contributed by atoms with Crippen molar-refractivity contribution < 1.29 is 4.79 Å². The molecule has 3 aromatic rings. The van der Waals surface area contributed by atoms with Gasteiger partial charge in [0.15, 0.2) is 5.13 Å². The average Bonchev–Trinajstić information content (AvgIpc) is 3.37. The van der Waals surface area contributed by atoms with Crippen LogP contribution in [-0.2, 0) is 11.3 Å². The van der Waals surface area contributed by atoms with Gasteiger partial charge in [-0.05, 0) is 18.9 Å². The van der Waals surface area contributed by atoms with Crippen molar-refractivity contribution in [1.82, 2.24) is 14.8 Å². The summed E-state index contributed by atoms with van der Waals surface area (Å²) < 4.78 is 1.22. The average molecular weight is 352 g/mol. The molecule has 4 rings (SSSR count). The summed E-state index contributed by atoms with van der Waals surface area (Å²) in [6.45, 7) is -0.111. The molecule has 1 amide bonds. The Labute approximate surface area is 148 Å². The van der Waals surface area contributed by atoms with E-state index in [0.29, 0.717) is 11.0 Å². The first-order valence-electron chi connectivity index (χ1n) is 8.08. The molecule has 7 heteroatoms. The fourth-order valence-electron chi connectivity index (χ4n) is 2.54. The summed E-state index contributed by atoms with van der Waals surface area (Å²) in [5.41, 5.74) is 2.41. The fraction of sp³-hybridized carbons (Fsp3) is 0.222. The molecule has 1 aliphatic carbocycles. The van der Waals surface area contributed by atoms with E-state index in [-0.39, 0.29) is 18.0 Å². The zero-order valence-electron chi connectivity index (χ0n) is 13.4. The molecule has 0 saturated heterocycles. The van der Waals surface area contributed by atoms with Gasteiger partial charge in [0.1, 0.15) is 6.54 Å². The first kappa shape index (κ1) is 15.7. The number of hydrogen-bond acceptors (Lipinski definition) is 5. The van der Waals surface area contributed by atoms with Gasteiger partial charge in [0, 0.05) is 22.9 Å². The van der Waals surface area contributed by atoms with Crippen LogP contribution in [-0.4, -0.2) is 20.7 Å². The third-order valence-electron chi connectivity index (χ3n) is 4.00. The molecule has 0 spiro atoms. The van der Waals surface area contributed by atoms with Gasteiger partial charge >= 0.3 is 0 Å². The second-order valence-electron chi connectivity index (χ2n) is 5.98. The van der Waals surface area contributed by atoms with Crippen LogP contribution in [0.2, 0.25) is 0 Å². The Kier molecular flexibility index (Phi) is 4.15. The number of thiazole rings is 1. The zero-order valence-corrected chi connectivity index (χ0v) is 14.2. The van der Waals surface area contributed by atoms with Crippen molar-refractivity contribution in [1.29, 1.82) is 0 Å². The van der Waals surface area contributed by atoms with Gasteiger partial charge in [-0.1, -0.05) is 30.3 Å². The summed E-state index contributed by atoms with van der Waals surface area (Å²) in [5.74, 6) is 0.124. The summed E-state index contributed by atoms with van der Waals surface area (Å²) >= 11 is 1.35. The molecule has 0 aliphatic heterocycles. The molecule has 0 unspecified atom stereocenters. The molecule has 25 heavy (non-hydrogen) atoms. The normalized spacial score (nSPS) is 13.6. The number of carbonyl (C=O) groups excluding carboxylic acids is 1. The van der Waals surface area contributed by atoms with Crippen molar-refractivity contribution in [2.45, 2.75) is 25.3 Å². The van der Waals surface area contributed by atoms with E-state index < -0.39 is 0 Å². The minimum Gasteiger partial charge on any atom is -0.300 e. The third kappa shape index (κ3) is 3.66. The predicted octanol–water partition coefficient (Wildman–Crippen LogP) is 2.88. The summed E-state index contributed by atoms with van der Waals surface area (Å²) in [4.78, 5) is 28.6. The van der Waals surface area contributed by atoms with Crippen LogP contribution < -0.4 is 10.9 Å². The minimum atomic E-state index is -0.309. The van der Waals surface area contributed by atoms with E-state index in [4.69, 9.17) is 0 Å². The Morgan fingerprint density at radius 3 is 2.76 bits per heavy atom. The Bertz CT molecular complexity index is 960. The number of nitrogens with zero attached hydrogens (tertiary/aromatic N) is 3. The largest absolute Gasteiger partial charge is 0.300 e. The maximum Gasteiger partial charge on any atom is 0.267 e. The number of rotatable bonds is 5. The number of nitrogens with one attached hydrogen (secondary N) is 1. The van der Waals surface area contributed by atoms with Crippen molar-refractivity contribution in [3.05, 3.63) is 63.9 Å². The molecule has 1 N–H and O–H groups in total. The Balaban J connectivity index is 1.45. The van der Waals surface area contributed by atoms with Crippen LogP contribution in [0.3, 0.4) is 0 Å². The Morgan fingerprint density at radius 2 is 2.00 bits per heavy atom. The van der Waals surface area contributed by atoms with E-state index in [2.05, 4.69) is 15.4 Å². The number of anilines is 1. The lowest BCUT2D eigenvalue weighted by atomic mass is 10.2. The second-order valence-corrected chi connectivity index (χ2v) is 6.84. The number of carbonyl (C=O) groups is 1. The molecule has 126 valence electrons. The van der Waals surface area contributed by atoms with Gasteiger partial charge in [0.05, 0.1) is 11.4 Å². The first-order chi connectivity index (χ1) is 12.2. The van der Waals surface area contributed by atoms with Crippen LogP contribution in [0.25, 0.3) is 11.3 Å². The van der Waals surface area contributed by atoms with E-state index in [1.54, 1.807) is 6.07 Å². The molecule has 1 fully saturated rings. The van der Waals surface area contributed by atoms with Crippen molar-refractivity contribution in [2.24, 2.45) is 0 Å². The van der Waals surface area contributed by atoms with E-state index in [9.17, 15) is 9.59 Å². The lowest BCUT2D eigenvalue weighted by Crippen LogP contribution is -2.29. The topological polar surface area (TPSA) is 76.9 Å². The molecule has 0 radical (unpaired) electrons. The van der Waals surface area contributed by atoms with E-state index in [1.807, 2.05) is 35.7 Å². The van der Waals surface area contributed by atoms with Crippen LogP contribution in [0, 0.1) is 0 Å². The number of hydrogen-bond donors (Lipinski definition) is 1. The van der Waals surface area contributed by atoms with Gasteiger partial charge in [-0.15, -0.1) is 11.3 Å². The summed E-state index contributed by atoms with van der Waals surface area (Å²) in [5, 5.41) is 9.44. The quantitative estimate of drug-likeness (QED) is 0.766. The van der Waals surface area contributed by atoms with Crippen LogP contribution in [0.15, 0.2) is 52.6 Å². The number of aromatic nitrogens is 3. The molecule has 1 aromatic carbocycles. The van der Waals surface area contributed by atoms with Crippen molar-refractivity contribution in [3.8, 4) is 11.3 Å². The van der Waals surface area contributed by atoms with Crippen molar-refractivity contribution in [3.63, 3.8) is 0 Å². The molecule has 1 saturated carbocycles. The molecule has 1 aliphatic rings. The highest BCUT2D eigenvalue weighted by atomic mass is 32.1. The molecule has 2 heterocycles. The van der Waals surface area contributed by atoms with Crippen molar-refractivity contribution >= 4 is 22.4 Å². The molecule has 2 aromatic heterocycles. The van der Waals surface area contributed by atoms with Gasteiger partial charge in [-0.3, -0.25) is 9.59 Å². The summed E-state index contributed by atoms with van der Waals surface area (Å²) in [7, 11) is 0. The Hall–Kier alpha value is -2.80. The minimum absolute atomic E-state index is 0.111. The highest BCUT2D eigenvalue weighted by Gasteiger charge is 2.25. The molecular formula is C18H16N4O2S. The summed E-state index contributed by atoms with van der Waals surface area (Å²) in [6.07, 6.45) is 2.19. The summed E-state index contributed by atoms with van der Waals surface area (Å²) in [6, 6.07) is 13.0. The van der Waals surface area contributed by atoms with E-state index >= 15 is 0 Å². The van der Waals surface area contributed by atoms with Crippen LogP contribution in [0.4, 0.5) is 5.13 Å². The Morgan fingerprint density at radius 1 is 1.20 bits per heavy atom.